The lowest BCUT2D eigenvalue weighted by Crippen LogP contribution is -2.48. The first-order valence-electron chi connectivity index (χ1n) is 9.61. The molecule has 1 N–H and O–H groups in total. The van der Waals surface area contributed by atoms with Gasteiger partial charge in [-0.25, -0.2) is 4.79 Å². The van der Waals surface area contributed by atoms with E-state index in [0.29, 0.717) is 38.2 Å². The summed E-state index contributed by atoms with van der Waals surface area (Å²) in [6, 6.07) is 0. The summed E-state index contributed by atoms with van der Waals surface area (Å²) in [5, 5.41) is 11.5. The van der Waals surface area contributed by atoms with Crippen molar-refractivity contribution >= 4 is 12.0 Å². The van der Waals surface area contributed by atoms with Crippen molar-refractivity contribution in [3.63, 3.8) is 0 Å². The molecule has 0 aliphatic carbocycles. The number of hydrogen-bond donors (Lipinski definition) is 1. The quantitative estimate of drug-likeness (QED) is 0.737. The van der Waals surface area contributed by atoms with E-state index in [-0.39, 0.29) is 12.0 Å². The van der Waals surface area contributed by atoms with Gasteiger partial charge in [0.05, 0.1) is 19.3 Å². The van der Waals surface area contributed by atoms with Gasteiger partial charge in [-0.05, 0) is 0 Å². The van der Waals surface area contributed by atoms with Gasteiger partial charge in [-0.3, -0.25) is 14.4 Å². The number of likely N-dealkylation sites (N-methyl/N-ethyl adjacent to an activating group) is 1. The highest BCUT2D eigenvalue weighted by Crippen LogP contribution is 2.32. The van der Waals surface area contributed by atoms with Crippen LogP contribution in [0.5, 0.6) is 0 Å². The van der Waals surface area contributed by atoms with E-state index >= 15 is 0 Å². The maximum atomic E-state index is 12.7. The number of carbonyl (C=O) groups excluding carboxylic acids is 2. The molecule has 4 heterocycles. The van der Waals surface area contributed by atoms with Crippen molar-refractivity contribution in [1.29, 1.82) is 0 Å². The fraction of sp³-hybridized carbons (Fsp3) is 0.765. The van der Waals surface area contributed by atoms with Crippen molar-refractivity contribution in [2.75, 3.05) is 59.4 Å². The van der Waals surface area contributed by atoms with E-state index in [2.05, 4.69) is 20.5 Å². The fourth-order valence-electron chi connectivity index (χ4n) is 4.02. The molecule has 0 unspecified atom stereocenters. The largest absolute Gasteiger partial charge is 0.441 e. The van der Waals surface area contributed by atoms with E-state index in [1.165, 1.54) is 0 Å². The average Bonchev–Trinajstić information content (AvgIpc) is 3.26. The summed E-state index contributed by atoms with van der Waals surface area (Å²) in [7, 11) is 1.74. The Morgan fingerprint density at radius 3 is 2.63 bits per heavy atom. The van der Waals surface area contributed by atoms with Crippen LogP contribution < -0.4 is 5.32 Å². The van der Waals surface area contributed by atoms with Crippen LogP contribution in [0.1, 0.15) is 23.3 Å². The smallest absolute Gasteiger partial charge is 0.410 e. The first-order valence-corrected chi connectivity index (χ1v) is 9.61. The van der Waals surface area contributed by atoms with Gasteiger partial charge in [0.2, 0.25) is 0 Å². The molecule has 0 saturated carbocycles. The standard InChI is InChI=1S/C17H27N7O3/c1-21-13-17(27-16(21)26)2-6-23(7-3-17)15(25)14-12-24(20-19-14)11-10-22-8-4-18-5-9-22/h12,18H,2-11,13H2,1H3. The Bertz CT molecular complexity index is 692. The zero-order valence-corrected chi connectivity index (χ0v) is 15.8. The van der Waals surface area contributed by atoms with E-state index in [9.17, 15) is 9.59 Å². The van der Waals surface area contributed by atoms with Gasteiger partial charge in [0.25, 0.3) is 5.91 Å². The third kappa shape index (κ3) is 3.91. The maximum Gasteiger partial charge on any atom is 0.410 e. The second kappa shape index (κ2) is 7.43. The molecule has 0 radical (unpaired) electrons. The number of piperazine rings is 1. The highest BCUT2D eigenvalue weighted by molar-refractivity contribution is 5.92. The fourth-order valence-corrected chi connectivity index (χ4v) is 4.02. The molecule has 10 heteroatoms. The molecule has 3 fully saturated rings. The molecule has 3 aliphatic heterocycles. The van der Waals surface area contributed by atoms with E-state index in [4.69, 9.17) is 4.74 Å². The zero-order valence-electron chi connectivity index (χ0n) is 15.8. The number of nitrogens with zero attached hydrogens (tertiary/aromatic N) is 6. The summed E-state index contributed by atoms with van der Waals surface area (Å²) >= 11 is 0. The number of ether oxygens (including phenoxy) is 1. The van der Waals surface area contributed by atoms with Crippen LogP contribution >= 0.6 is 0 Å². The van der Waals surface area contributed by atoms with Crippen molar-refractivity contribution in [2.24, 2.45) is 0 Å². The number of hydrogen-bond acceptors (Lipinski definition) is 7. The molecule has 0 atom stereocenters. The number of carbonyl (C=O) groups is 2. The van der Waals surface area contributed by atoms with E-state index < -0.39 is 5.60 Å². The number of amides is 2. The van der Waals surface area contributed by atoms with Crippen molar-refractivity contribution in [2.45, 2.75) is 25.0 Å². The van der Waals surface area contributed by atoms with E-state index in [1.54, 1.807) is 27.7 Å². The van der Waals surface area contributed by atoms with Crippen LogP contribution in [0.2, 0.25) is 0 Å². The van der Waals surface area contributed by atoms with Crippen molar-refractivity contribution in [3.05, 3.63) is 11.9 Å². The Morgan fingerprint density at radius 2 is 1.96 bits per heavy atom. The second-order valence-corrected chi connectivity index (χ2v) is 7.66. The lowest BCUT2D eigenvalue weighted by atomic mass is 9.91. The Hall–Kier alpha value is -2.20. The van der Waals surface area contributed by atoms with Crippen molar-refractivity contribution in [3.8, 4) is 0 Å². The number of likely N-dealkylation sites (tertiary alicyclic amines) is 1. The molecule has 148 valence electrons. The summed E-state index contributed by atoms with van der Waals surface area (Å²) in [6.07, 6.45) is 2.78. The van der Waals surface area contributed by atoms with Gasteiger partial charge in [-0.15, -0.1) is 5.10 Å². The number of nitrogens with one attached hydrogen (secondary N) is 1. The van der Waals surface area contributed by atoms with Crippen molar-refractivity contribution in [1.82, 2.24) is 35.0 Å². The van der Waals surface area contributed by atoms with E-state index in [1.807, 2.05) is 0 Å². The van der Waals surface area contributed by atoms with Gasteiger partial charge < -0.3 is 19.9 Å². The van der Waals surface area contributed by atoms with Crippen LogP contribution in [0.3, 0.4) is 0 Å². The molecular formula is C17H27N7O3. The van der Waals surface area contributed by atoms with Crippen LogP contribution in [-0.2, 0) is 11.3 Å². The second-order valence-electron chi connectivity index (χ2n) is 7.66. The van der Waals surface area contributed by atoms with Gasteiger partial charge in [-0.1, -0.05) is 5.21 Å². The maximum absolute atomic E-state index is 12.7. The Morgan fingerprint density at radius 1 is 1.22 bits per heavy atom. The third-order valence-electron chi connectivity index (χ3n) is 5.72. The summed E-state index contributed by atoms with van der Waals surface area (Å²) in [4.78, 5) is 30.1. The molecule has 4 rings (SSSR count). The molecule has 0 aromatic carbocycles. The van der Waals surface area contributed by atoms with Gasteiger partial charge in [0.1, 0.15) is 5.60 Å². The van der Waals surface area contributed by atoms with Crippen LogP contribution in [0.4, 0.5) is 4.79 Å². The van der Waals surface area contributed by atoms with Crippen LogP contribution in [0, 0.1) is 0 Å². The monoisotopic (exact) mass is 377 g/mol. The minimum Gasteiger partial charge on any atom is -0.441 e. The molecule has 3 aliphatic rings. The summed E-state index contributed by atoms with van der Waals surface area (Å²) in [6.45, 7) is 7.46. The molecule has 27 heavy (non-hydrogen) atoms. The van der Waals surface area contributed by atoms with Gasteiger partial charge in [0, 0.05) is 65.7 Å². The molecule has 10 nitrogen and oxygen atoms in total. The highest BCUT2D eigenvalue weighted by atomic mass is 16.6. The predicted octanol–water partition coefficient (Wildman–Crippen LogP) is -0.760. The predicted molar refractivity (Wildman–Crippen MR) is 96.3 cm³/mol. The number of piperidine rings is 1. The molecule has 0 bridgehead atoms. The number of rotatable bonds is 4. The summed E-state index contributed by atoms with van der Waals surface area (Å²) in [5.41, 5.74) is -0.0597. The zero-order chi connectivity index (χ0) is 18.9. The van der Waals surface area contributed by atoms with Crippen LogP contribution in [0.15, 0.2) is 6.20 Å². The average molecular weight is 377 g/mol. The normalized spacial score (nSPS) is 23.1. The van der Waals surface area contributed by atoms with Gasteiger partial charge >= 0.3 is 6.09 Å². The lowest BCUT2D eigenvalue weighted by Gasteiger charge is -2.36. The first-order chi connectivity index (χ1) is 13.0. The molecule has 2 amide bonds. The summed E-state index contributed by atoms with van der Waals surface area (Å²) < 4.78 is 7.28. The third-order valence-corrected chi connectivity index (χ3v) is 5.72. The van der Waals surface area contributed by atoms with Crippen molar-refractivity contribution < 1.29 is 14.3 Å². The molecular weight excluding hydrogens is 350 g/mol. The topological polar surface area (TPSA) is 95.8 Å². The van der Waals surface area contributed by atoms with Gasteiger partial charge in [0.15, 0.2) is 5.69 Å². The Balaban J connectivity index is 1.29. The first kappa shape index (κ1) is 18.2. The molecule has 1 spiro atoms. The molecule has 1 aromatic heterocycles. The van der Waals surface area contributed by atoms with Gasteiger partial charge in [-0.2, -0.15) is 0 Å². The minimum atomic E-state index is -0.441. The number of aromatic nitrogens is 3. The van der Waals surface area contributed by atoms with Crippen LogP contribution in [-0.4, -0.2) is 107 Å². The van der Waals surface area contributed by atoms with Crippen LogP contribution in [0.25, 0.3) is 0 Å². The summed E-state index contributed by atoms with van der Waals surface area (Å²) in [5.74, 6) is -0.101. The van der Waals surface area contributed by atoms with E-state index in [0.717, 1.165) is 39.3 Å². The Labute approximate surface area is 158 Å². The minimum absolute atomic E-state index is 0.101. The molecule has 1 aromatic rings. The highest BCUT2D eigenvalue weighted by Gasteiger charge is 2.46. The Kier molecular flexibility index (Phi) is 5.00. The SMILES string of the molecule is CN1CC2(CCN(C(=O)c3cn(CCN4CCNCC4)nn3)CC2)OC1=O. The molecule has 3 saturated heterocycles. The lowest BCUT2D eigenvalue weighted by molar-refractivity contribution is 0.00300.